The van der Waals surface area contributed by atoms with Crippen LogP contribution in [0.25, 0.3) is 0 Å². The van der Waals surface area contributed by atoms with Gasteiger partial charge in [0.15, 0.2) is 0 Å². The van der Waals surface area contributed by atoms with Crippen LogP contribution in [0, 0.1) is 0 Å². The first kappa shape index (κ1) is 23.6. The predicted molar refractivity (Wildman–Crippen MR) is 98.6 cm³/mol. The van der Waals surface area contributed by atoms with E-state index in [-0.39, 0.29) is 29.7 Å². The summed E-state index contributed by atoms with van der Waals surface area (Å²) in [5.41, 5.74) is 0.207. The standard InChI is InChI=1S/C19H29NO6/c1-6-14(17(21)22)13-16(19(25)26-7-2)11-10-15(18(23)24)9-8-12-20(3,4)5/h10-11,13H,6-9,12H2,1-5H3,(H-,21,22,23,24)/p+1. The summed E-state index contributed by atoms with van der Waals surface area (Å²) >= 11 is 0. The van der Waals surface area contributed by atoms with Crippen molar-refractivity contribution >= 4 is 17.9 Å². The third kappa shape index (κ3) is 9.78. The van der Waals surface area contributed by atoms with Gasteiger partial charge in [-0.1, -0.05) is 13.0 Å². The Morgan fingerprint density at radius 3 is 1.96 bits per heavy atom. The molecule has 0 aliphatic heterocycles. The number of nitrogens with zero attached hydrogens (tertiary/aromatic N) is 1. The van der Waals surface area contributed by atoms with Crippen molar-refractivity contribution < 1.29 is 33.8 Å². The van der Waals surface area contributed by atoms with E-state index in [0.717, 1.165) is 11.0 Å². The molecule has 0 aliphatic carbocycles. The highest BCUT2D eigenvalue weighted by Crippen LogP contribution is 2.13. The van der Waals surface area contributed by atoms with Crippen LogP contribution in [0.15, 0.2) is 34.9 Å². The van der Waals surface area contributed by atoms with Gasteiger partial charge in [-0.15, -0.1) is 0 Å². The Bertz CT molecular complexity index is 608. The van der Waals surface area contributed by atoms with Gasteiger partial charge < -0.3 is 19.4 Å². The minimum Gasteiger partial charge on any atom is -0.478 e. The zero-order valence-electron chi connectivity index (χ0n) is 16.2. The number of esters is 1. The molecule has 0 radical (unpaired) electrons. The van der Waals surface area contributed by atoms with Gasteiger partial charge in [-0.25, -0.2) is 14.4 Å². The molecular weight excluding hydrogens is 338 g/mol. The maximum Gasteiger partial charge on any atom is 0.338 e. The lowest BCUT2D eigenvalue weighted by Crippen LogP contribution is -2.35. The number of ether oxygens (including phenoxy) is 1. The topological polar surface area (TPSA) is 101 Å². The van der Waals surface area contributed by atoms with Crippen molar-refractivity contribution in [2.45, 2.75) is 33.1 Å². The van der Waals surface area contributed by atoms with Crippen LogP contribution in [0.1, 0.15) is 33.1 Å². The van der Waals surface area contributed by atoms with Gasteiger partial charge in [-0.2, -0.15) is 0 Å². The van der Waals surface area contributed by atoms with E-state index in [1.165, 1.54) is 18.2 Å². The first-order chi connectivity index (χ1) is 12.0. The van der Waals surface area contributed by atoms with Crippen molar-refractivity contribution in [3.05, 3.63) is 34.9 Å². The molecule has 0 aromatic carbocycles. The van der Waals surface area contributed by atoms with Gasteiger partial charge in [-0.05, 0) is 31.9 Å². The minimum absolute atomic E-state index is 0.0106. The quantitative estimate of drug-likeness (QED) is 0.251. The van der Waals surface area contributed by atoms with Crippen LogP contribution in [0.3, 0.4) is 0 Å². The van der Waals surface area contributed by atoms with E-state index in [9.17, 15) is 19.5 Å². The molecule has 0 atom stereocenters. The lowest BCUT2D eigenvalue weighted by Gasteiger charge is -2.23. The third-order valence-electron chi connectivity index (χ3n) is 3.51. The number of rotatable bonds is 11. The summed E-state index contributed by atoms with van der Waals surface area (Å²) in [7, 11) is 6.06. The normalized spacial score (nSPS) is 13.5. The molecule has 7 heteroatoms. The number of carboxylic acid groups (broad SMARTS) is 2. The summed E-state index contributed by atoms with van der Waals surface area (Å²) in [5.74, 6) is -2.89. The molecule has 0 aliphatic rings. The van der Waals surface area contributed by atoms with Crippen molar-refractivity contribution in [2.24, 2.45) is 0 Å². The van der Waals surface area contributed by atoms with Gasteiger partial charge in [0.05, 0.1) is 39.9 Å². The maximum absolute atomic E-state index is 12.0. The van der Waals surface area contributed by atoms with E-state index >= 15 is 0 Å². The van der Waals surface area contributed by atoms with Gasteiger partial charge in [0.25, 0.3) is 0 Å². The second-order valence-corrected chi connectivity index (χ2v) is 6.79. The van der Waals surface area contributed by atoms with Gasteiger partial charge in [0.2, 0.25) is 0 Å². The Labute approximate surface area is 154 Å². The second-order valence-electron chi connectivity index (χ2n) is 6.79. The molecule has 0 saturated carbocycles. The summed E-state index contributed by atoms with van der Waals surface area (Å²) < 4.78 is 5.64. The summed E-state index contributed by atoms with van der Waals surface area (Å²) in [6.07, 6.45) is 5.13. The van der Waals surface area contributed by atoms with Crippen LogP contribution < -0.4 is 0 Å². The van der Waals surface area contributed by atoms with E-state index in [1.54, 1.807) is 13.8 Å². The number of aliphatic carboxylic acids is 2. The number of hydrogen-bond donors (Lipinski definition) is 2. The summed E-state index contributed by atoms with van der Waals surface area (Å²) in [5, 5.41) is 18.5. The lowest BCUT2D eigenvalue weighted by molar-refractivity contribution is -0.870. The molecule has 0 rings (SSSR count). The average Bonchev–Trinajstić information content (AvgIpc) is 2.51. The van der Waals surface area contributed by atoms with E-state index in [4.69, 9.17) is 9.84 Å². The molecule has 0 spiro atoms. The Morgan fingerprint density at radius 1 is 0.962 bits per heavy atom. The van der Waals surface area contributed by atoms with E-state index in [1.807, 2.05) is 21.1 Å². The van der Waals surface area contributed by atoms with Crippen molar-refractivity contribution in [3.63, 3.8) is 0 Å². The van der Waals surface area contributed by atoms with Crippen LogP contribution in [-0.2, 0) is 19.1 Å². The molecule has 0 heterocycles. The van der Waals surface area contributed by atoms with Gasteiger partial charge in [0, 0.05) is 17.6 Å². The smallest absolute Gasteiger partial charge is 0.338 e. The summed E-state index contributed by atoms with van der Waals surface area (Å²) in [4.78, 5) is 34.6. The number of hydrogen-bond acceptors (Lipinski definition) is 4. The molecule has 0 aromatic rings. The third-order valence-corrected chi connectivity index (χ3v) is 3.51. The summed E-state index contributed by atoms with van der Waals surface area (Å²) in [6.45, 7) is 4.24. The molecule has 0 fully saturated rings. The highest BCUT2D eigenvalue weighted by atomic mass is 16.5. The van der Waals surface area contributed by atoms with E-state index in [2.05, 4.69) is 0 Å². The molecule has 0 bridgehead atoms. The molecule has 0 amide bonds. The SMILES string of the molecule is CCOC(=O)C(=CC=C(CCC[N+](C)(C)C)C(=O)O)C=C(CC)C(=O)O. The second kappa shape index (κ2) is 11.3. The lowest BCUT2D eigenvalue weighted by atomic mass is 10.1. The Kier molecular flexibility index (Phi) is 10.2. The summed E-state index contributed by atoms with van der Waals surface area (Å²) in [6, 6.07) is 0. The maximum atomic E-state index is 12.0. The van der Waals surface area contributed by atoms with E-state index < -0.39 is 17.9 Å². The fourth-order valence-electron chi connectivity index (χ4n) is 2.09. The number of carboxylic acids is 2. The van der Waals surface area contributed by atoms with Gasteiger partial charge in [-0.3, -0.25) is 0 Å². The fourth-order valence-corrected chi connectivity index (χ4v) is 2.09. The zero-order chi connectivity index (χ0) is 20.3. The number of allylic oxidation sites excluding steroid dienone is 2. The highest BCUT2D eigenvalue weighted by Gasteiger charge is 2.14. The van der Waals surface area contributed by atoms with E-state index in [0.29, 0.717) is 12.8 Å². The number of carbonyl (C=O) groups excluding carboxylic acids is 1. The molecule has 0 aromatic heterocycles. The van der Waals surface area contributed by atoms with Crippen LogP contribution in [-0.4, -0.2) is 66.9 Å². The minimum atomic E-state index is -1.13. The predicted octanol–water partition coefficient (Wildman–Crippen LogP) is 2.39. The van der Waals surface area contributed by atoms with Crippen molar-refractivity contribution in [2.75, 3.05) is 34.3 Å². The highest BCUT2D eigenvalue weighted by molar-refractivity contribution is 5.96. The van der Waals surface area contributed by atoms with Crippen LogP contribution in [0.2, 0.25) is 0 Å². The van der Waals surface area contributed by atoms with Crippen LogP contribution in [0.4, 0.5) is 0 Å². The number of carbonyl (C=O) groups is 3. The zero-order valence-corrected chi connectivity index (χ0v) is 16.2. The van der Waals surface area contributed by atoms with Crippen molar-refractivity contribution in [3.8, 4) is 0 Å². The van der Waals surface area contributed by atoms with Crippen molar-refractivity contribution in [1.82, 2.24) is 0 Å². The van der Waals surface area contributed by atoms with Gasteiger partial charge in [0.1, 0.15) is 0 Å². The number of quaternary nitrogens is 1. The van der Waals surface area contributed by atoms with Gasteiger partial charge >= 0.3 is 17.9 Å². The largest absolute Gasteiger partial charge is 0.478 e. The average molecular weight is 368 g/mol. The Morgan fingerprint density at radius 2 is 1.54 bits per heavy atom. The molecule has 146 valence electrons. The first-order valence-electron chi connectivity index (χ1n) is 8.57. The monoisotopic (exact) mass is 368 g/mol. The molecule has 26 heavy (non-hydrogen) atoms. The Hall–Kier alpha value is -2.41. The van der Waals surface area contributed by atoms with Crippen LogP contribution >= 0.6 is 0 Å². The van der Waals surface area contributed by atoms with Crippen LogP contribution in [0.5, 0.6) is 0 Å². The molecule has 0 unspecified atom stereocenters. The first-order valence-corrected chi connectivity index (χ1v) is 8.57. The fraction of sp³-hybridized carbons (Fsp3) is 0.526. The molecule has 7 nitrogen and oxygen atoms in total. The molecule has 0 saturated heterocycles. The molecular formula is C19H30NO6+. The van der Waals surface area contributed by atoms with Crippen molar-refractivity contribution in [1.29, 1.82) is 0 Å². The Balaban J connectivity index is 5.63. The molecule has 2 N–H and O–H groups in total.